The molecule has 1 aromatic rings. The summed E-state index contributed by atoms with van der Waals surface area (Å²) in [5.74, 6) is -1.43. The zero-order chi connectivity index (χ0) is 23.6. The Morgan fingerprint density at radius 3 is 2.67 bits per heavy atom. The fourth-order valence-electron chi connectivity index (χ4n) is 5.60. The zero-order valence-electron chi connectivity index (χ0n) is 18.8. The molecule has 3 amide bonds. The molecule has 3 fully saturated rings. The van der Waals surface area contributed by atoms with Crippen molar-refractivity contribution in [2.75, 3.05) is 19.7 Å². The fourth-order valence-corrected chi connectivity index (χ4v) is 9.21. The standard InChI is InChI=1S/C24H32BrN3O4S/c1-2-3-10-26-22(31)20-24-13-16(25)19(33-24)17(18(24)23(32)28(20)11-7-12-29)21(30)27-14-15-8-5-4-6-9-15/h4-6,8-9,16-20,29H,2-3,7,10-14H2,1H3,(H,26,31)(H,27,30)/t16?,17-,18+,19-,20?,24?/m1/s1. The third kappa shape index (κ3) is 4.44. The zero-order valence-corrected chi connectivity index (χ0v) is 21.2. The third-order valence-corrected chi connectivity index (χ3v) is 10.3. The number of rotatable bonds is 10. The van der Waals surface area contributed by atoms with Crippen LogP contribution < -0.4 is 10.6 Å². The number of aliphatic hydroxyl groups is 1. The smallest absolute Gasteiger partial charge is 0.244 e. The van der Waals surface area contributed by atoms with Gasteiger partial charge in [0.1, 0.15) is 6.04 Å². The molecule has 3 N–H and O–H groups in total. The van der Waals surface area contributed by atoms with Crippen LogP contribution in [0, 0.1) is 11.8 Å². The van der Waals surface area contributed by atoms with E-state index in [0.717, 1.165) is 18.4 Å². The highest BCUT2D eigenvalue weighted by Gasteiger charge is 2.75. The van der Waals surface area contributed by atoms with Crippen molar-refractivity contribution < 1.29 is 19.5 Å². The van der Waals surface area contributed by atoms with Gasteiger partial charge in [-0.3, -0.25) is 14.4 Å². The van der Waals surface area contributed by atoms with E-state index in [1.807, 2.05) is 30.3 Å². The predicted molar refractivity (Wildman–Crippen MR) is 132 cm³/mol. The van der Waals surface area contributed by atoms with Gasteiger partial charge in [-0.25, -0.2) is 0 Å². The Labute approximate surface area is 207 Å². The lowest BCUT2D eigenvalue weighted by Crippen LogP contribution is -2.55. The summed E-state index contributed by atoms with van der Waals surface area (Å²) in [5.41, 5.74) is 1.00. The molecule has 3 aliphatic heterocycles. The largest absolute Gasteiger partial charge is 0.396 e. The van der Waals surface area contributed by atoms with Gasteiger partial charge in [-0.05, 0) is 24.8 Å². The van der Waals surface area contributed by atoms with E-state index < -0.39 is 22.6 Å². The van der Waals surface area contributed by atoms with Crippen molar-refractivity contribution in [3.05, 3.63) is 35.9 Å². The summed E-state index contributed by atoms with van der Waals surface area (Å²) in [6.07, 6.45) is 2.92. The lowest BCUT2D eigenvalue weighted by molar-refractivity contribution is -0.140. The van der Waals surface area contributed by atoms with Crippen molar-refractivity contribution in [2.45, 2.75) is 60.0 Å². The Bertz CT molecular complexity index is 888. The number of hydrogen-bond acceptors (Lipinski definition) is 5. The summed E-state index contributed by atoms with van der Waals surface area (Å²) in [6, 6.07) is 9.08. The Hall–Kier alpha value is -1.58. The quantitative estimate of drug-likeness (QED) is 0.313. The molecule has 2 bridgehead atoms. The average molecular weight is 539 g/mol. The van der Waals surface area contributed by atoms with Crippen LogP contribution in [0.4, 0.5) is 0 Å². The highest BCUT2D eigenvalue weighted by molar-refractivity contribution is 9.09. The number of alkyl halides is 1. The van der Waals surface area contributed by atoms with Gasteiger partial charge in [0.25, 0.3) is 0 Å². The van der Waals surface area contributed by atoms with Gasteiger partial charge < -0.3 is 20.6 Å². The molecule has 3 unspecified atom stereocenters. The van der Waals surface area contributed by atoms with Crippen LogP contribution in [0.3, 0.4) is 0 Å². The molecule has 1 aromatic carbocycles. The molecule has 0 radical (unpaired) electrons. The normalized spacial score (nSPS) is 32.2. The molecule has 6 atom stereocenters. The van der Waals surface area contributed by atoms with E-state index in [4.69, 9.17) is 0 Å². The van der Waals surface area contributed by atoms with E-state index in [0.29, 0.717) is 32.5 Å². The third-order valence-electron chi connectivity index (χ3n) is 7.04. The molecule has 180 valence electrons. The van der Waals surface area contributed by atoms with Crippen LogP contribution in [0.25, 0.3) is 0 Å². The van der Waals surface area contributed by atoms with E-state index in [1.165, 1.54) is 0 Å². The van der Waals surface area contributed by atoms with E-state index in [-0.39, 0.29) is 34.4 Å². The van der Waals surface area contributed by atoms with Crippen molar-refractivity contribution in [1.82, 2.24) is 15.5 Å². The number of unbranched alkanes of at least 4 members (excludes halogenated alkanes) is 1. The second kappa shape index (κ2) is 10.4. The summed E-state index contributed by atoms with van der Waals surface area (Å²) in [4.78, 5) is 42.1. The van der Waals surface area contributed by atoms with Gasteiger partial charge in [0.15, 0.2) is 0 Å². The number of fused-ring (bicyclic) bond motifs is 1. The van der Waals surface area contributed by atoms with Crippen molar-refractivity contribution in [2.24, 2.45) is 11.8 Å². The molecule has 1 spiro atoms. The number of carbonyl (C=O) groups is 3. The molecule has 33 heavy (non-hydrogen) atoms. The first-order valence-electron chi connectivity index (χ1n) is 11.8. The first kappa shape index (κ1) is 24.5. The number of benzene rings is 1. The minimum atomic E-state index is -0.629. The van der Waals surface area contributed by atoms with Gasteiger partial charge in [-0.15, -0.1) is 11.8 Å². The number of aliphatic hydroxyl groups excluding tert-OH is 1. The van der Waals surface area contributed by atoms with E-state index >= 15 is 0 Å². The van der Waals surface area contributed by atoms with Crippen molar-refractivity contribution >= 4 is 45.4 Å². The van der Waals surface area contributed by atoms with Crippen molar-refractivity contribution in [1.29, 1.82) is 0 Å². The first-order chi connectivity index (χ1) is 15.9. The van der Waals surface area contributed by atoms with Crippen LogP contribution >= 0.6 is 27.7 Å². The maximum atomic E-state index is 13.7. The Balaban J connectivity index is 1.59. The molecule has 4 rings (SSSR count). The SMILES string of the molecule is CCCCNC(=O)C1N(CCCO)C(=O)[C@@H]2[C@@H](C(=O)NCc3ccccc3)[C@@H]3SC12CC3Br. The molecule has 3 aliphatic rings. The second-order valence-electron chi connectivity index (χ2n) is 9.12. The minimum Gasteiger partial charge on any atom is -0.396 e. The first-order valence-corrected chi connectivity index (χ1v) is 13.6. The maximum Gasteiger partial charge on any atom is 0.244 e. The van der Waals surface area contributed by atoms with Gasteiger partial charge in [-0.1, -0.05) is 59.6 Å². The maximum absolute atomic E-state index is 13.7. The lowest BCUT2D eigenvalue weighted by atomic mass is 9.70. The highest BCUT2D eigenvalue weighted by atomic mass is 79.9. The monoisotopic (exact) mass is 537 g/mol. The summed E-state index contributed by atoms with van der Waals surface area (Å²) < 4.78 is -0.629. The molecule has 0 aromatic heterocycles. The van der Waals surface area contributed by atoms with Crippen LogP contribution in [0.1, 0.15) is 38.2 Å². The second-order valence-corrected chi connectivity index (χ2v) is 11.8. The number of nitrogens with one attached hydrogen (secondary N) is 2. The highest BCUT2D eigenvalue weighted by Crippen LogP contribution is 2.67. The molecular formula is C24H32BrN3O4S. The number of carbonyl (C=O) groups excluding carboxylic acids is 3. The number of thioether (sulfide) groups is 1. The predicted octanol–water partition coefficient (Wildman–Crippen LogP) is 2.07. The molecule has 0 aliphatic carbocycles. The summed E-state index contributed by atoms with van der Waals surface area (Å²) >= 11 is 5.40. The van der Waals surface area contributed by atoms with Gasteiger partial charge in [0.05, 0.1) is 16.6 Å². The van der Waals surface area contributed by atoms with Crippen molar-refractivity contribution in [3.8, 4) is 0 Å². The molecule has 9 heteroatoms. The number of halogens is 1. The summed E-state index contributed by atoms with van der Waals surface area (Å²) in [5, 5.41) is 15.4. The van der Waals surface area contributed by atoms with Gasteiger partial charge >= 0.3 is 0 Å². The van der Waals surface area contributed by atoms with Crippen LogP contribution in [0.2, 0.25) is 0 Å². The van der Waals surface area contributed by atoms with Crippen LogP contribution in [-0.4, -0.2) is 68.3 Å². The number of nitrogens with zero attached hydrogens (tertiary/aromatic N) is 1. The van der Waals surface area contributed by atoms with Crippen LogP contribution in [0.15, 0.2) is 30.3 Å². The summed E-state index contributed by atoms with van der Waals surface area (Å²) in [7, 11) is 0. The van der Waals surface area contributed by atoms with Gasteiger partial charge in [-0.2, -0.15) is 0 Å². The molecule has 3 saturated heterocycles. The van der Waals surface area contributed by atoms with Crippen LogP contribution in [-0.2, 0) is 20.9 Å². The molecule has 3 heterocycles. The van der Waals surface area contributed by atoms with E-state index in [2.05, 4.69) is 33.5 Å². The van der Waals surface area contributed by atoms with Crippen molar-refractivity contribution in [3.63, 3.8) is 0 Å². The number of hydrogen-bond donors (Lipinski definition) is 3. The lowest BCUT2D eigenvalue weighted by Gasteiger charge is -2.35. The number of amides is 3. The van der Waals surface area contributed by atoms with E-state index in [1.54, 1.807) is 16.7 Å². The number of likely N-dealkylation sites (tertiary alicyclic amines) is 1. The molecule has 7 nitrogen and oxygen atoms in total. The Morgan fingerprint density at radius 2 is 1.97 bits per heavy atom. The Morgan fingerprint density at radius 1 is 1.21 bits per heavy atom. The fraction of sp³-hybridized carbons (Fsp3) is 0.625. The average Bonchev–Trinajstić information content (AvgIpc) is 3.40. The van der Waals surface area contributed by atoms with Gasteiger partial charge in [0.2, 0.25) is 17.7 Å². The molecular weight excluding hydrogens is 506 g/mol. The van der Waals surface area contributed by atoms with Crippen LogP contribution in [0.5, 0.6) is 0 Å². The minimum absolute atomic E-state index is 0.0521. The Kier molecular flexibility index (Phi) is 7.70. The van der Waals surface area contributed by atoms with E-state index in [9.17, 15) is 19.5 Å². The topological polar surface area (TPSA) is 98.7 Å². The van der Waals surface area contributed by atoms with Gasteiger partial charge in [0, 0.05) is 36.3 Å². The molecule has 0 saturated carbocycles. The summed E-state index contributed by atoms with van der Waals surface area (Å²) in [6.45, 7) is 3.31.